The van der Waals surface area contributed by atoms with Crippen LogP contribution in [-0.4, -0.2) is 34.2 Å². The average Bonchev–Trinajstić information content (AvgIpc) is 2.86. The highest BCUT2D eigenvalue weighted by Crippen LogP contribution is 1.95. The Kier molecular flexibility index (Phi) is 5.05. The van der Waals surface area contributed by atoms with Gasteiger partial charge in [-0.3, -0.25) is 4.98 Å². The molecule has 0 aliphatic rings. The van der Waals surface area contributed by atoms with Crippen LogP contribution in [0.4, 0.5) is 4.79 Å². The van der Waals surface area contributed by atoms with E-state index in [0.29, 0.717) is 37.6 Å². The van der Waals surface area contributed by atoms with Crippen molar-refractivity contribution in [2.75, 3.05) is 13.1 Å². The van der Waals surface area contributed by atoms with Crippen molar-refractivity contribution in [2.24, 2.45) is 0 Å². The number of aromatic nitrogens is 3. The lowest BCUT2D eigenvalue weighted by atomic mass is 10.3. The fourth-order valence-electron chi connectivity index (χ4n) is 1.64. The predicted octanol–water partition coefficient (Wildman–Crippen LogP) is 0.857. The molecule has 0 saturated heterocycles. The molecule has 0 aliphatic heterocycles. The van der Waals surface area contributed by atoms with E-state index < -0.39 is 0 Å². The van der Waals surface area contributed by atoms with Crippen LogP contribution in [0.25, 0.3) is 0 Å². The summed E-state index contributed by atoms with van der Waals surface area (Å²) in [5.41, 5.74) is 0.953. The maximum Gasteiger partial charge on any atom is 0.314 e. The summed E-state index contributed by atoms with van der Waals surface area (Å²) in [5.74, 6) is 1.12. The van der Waals surface area contributed by atoms with Gasteiger partial charge in [-0.1, -0.05) is 11.2 Å². The molecule has 0 fully saturated rings. The lowest BCUT2D eigenvalue weighted by Gasteiger charge is -2.06. The van der Waals surface area contributed by atoms with E-state index in [1.165, 1.54) is 0 Å². The number of rotatable bonds is 6. The van der Waals surface area contributed by atoms with Gasteiger partial charge >= 0.3 is 6.03 Å². The van der Waals surface area contributed by atoms with Gasteiger partial charge in [-0.25, -0.2) is 4.79 Å². The summed E-state index contributed by atoms with van der Waals surface area (Å²) < 4.78 is 4.94. The molecule has 0 aromatic carbocycles. The van der Waals surface area contributed by atoms with E-state index in [1.807, 2.05) is 18.2 Å². The van der Waals surface area contributed by atoms with E-state index in [2.05, 4.69) is 25.8 Å². The number of hydrogen-bond acceptors (Lipinski definition) is 5. The number of nitrogens with one attached hydrogen (secondary N) is 2. The van der Waals surface area contributed by atoms with E-state index in [1.54, 1.807) is 13.1 Å². The number of nitrogens with zero attached hydrogens (tertiary/aromatic N) is 3. The van der Waals surface area contributed by atoms with Crippen LogP contribution in [-0.2, 0) is 12.8 Å². The molecule has 2 rings (SSSR count). The Hall–Kier alpha value is -2.44. The summed E-state index contributed by atoms with van der Waals surface area (Å²) >= 11 is 0. The van der Waals surface area contributed by atoms with Crippen LogP contribution in [0.3, 0.4) is 0 Å². The first kappa shape index (κ1) is 14.0. The summed E-state index contributed by atoms with van der Waals surface area (Å²) in [5, 5.41) is 9.17. The summed E-state index contributed by atoms with van der Waals surface area (Å²) in [6.45, 7) is 2.75. The van der Waals surface area contributed by atoms with Gasteiger partial charge in [0, 0.05) is 37.8 Å². The smallest absolute Gasteiger partial charge is 0.314 e. The molecule has 7 nitrogen and oxygen atoms in total. The van der Waals surface area contributed by atoms with Crippen LogP contribution in [0.5, 0.6) is 0 Å². The van der Waals surface area contributed by atoms with Crippen molar-refractivity contribution in [1.82, 2.24) is 25.8 Å². The molecule has 20 heavy (non-hydrogen) atoms. The number of urea groups is 1. The highest BCUT2D eigenvalue weighted by molar-refractivity contribution is 5.73. The Labute approximate surface area is 116 Å². The van der Waals surface area contributed by atoms with Crippen molar-refractivity contribution in [3.05, 3.63) is 41.8 Å². The molecule has 0 atom stereocenters. The summed E-state index contributed by atoms with van der Waals surface area (Å²) in [7, 11) is 0. The van der Waals surface area contributed by atoms with Gasteiger partial charge in [0.1, 0.15) is 0 Å². The van der Waals surface area contributed by atoms with E-state index >= 15 is 0 Å². The molecule has 0 radical (unpaired) electrons. The van der Waals surface area contributed by atoms with E-state index in [4.69, 9.17) is 4.52 Å². The molecule has 2 N–H and O–H groups in total. The lowest BCUT2D eigenvalue weighted by molar-refractivity contribution is 0.240. The molecule has 2 aromatic rings. The van der Waals surface area contributed by atoms with E-state index in [0.717, 1.165) is 5.69 Å². The Morgan fingerprint density at radius 3 is 2.70 bits per heavy atom. The van der Waals surface area contributed by atoms with Gasteiger partial charge in [0.2, 0.25) is 5.89 Å². The highest BCUT2D eigenvalue weighted by atomic mass is 16.5. The lowest BCUT2D eigenvalue weighted by Crippen LogP contribution is -2.37. The Morgan fingerprint density at radius 1 is 1.25 bits per heavy atom. The number of carbonyl (C=O) groups is 1. The number of hydrogen-bond donors (Lipinski definition) is 2. The number of pyridine rings is 1. The molecule has 2 aromatic heterocycles. The minimum atomic E-state index is -0.211. The molecular weight excluding hydrogens is 258 g/mol. The first-order valence-corrected chi connectivity index (χ1v) is 6.45. The minimum Gasteiger partial charge on any atom is -0.339 e. The second kappa shape index (κ2) is 7.22. The third-order valence-electron chi connectivity index (χ3n) is 2.59. The standard InChI is InChI=1S/C13H17N5O2/c1-10-17-12(20-18-10)6-9-16-13(19)15-8-5-11-4-2-3-7-14-11/h2-4,7H,5-6,8-9H2,1H3,(H2,15,16,19). The molecule has 0 unspecified atom stereocenters. The second-order valence-electron chi connectivity index (χ2n) is 4.24. The normalized spacial score (nSPS) is 10.2. The molecular formula is C13H17N5O2. The van der Waals surface area contributed by atoms with Crippen molar-refractivity contribution in [1.29, 1.82) is 0 Å². The van der Waals surface area contributed by atoms with Crippen molar-refractivity contribution in [2.45, 2.75) is 19.8 Å². The summed E-state index contributed by atoms with van der Waals surface area (Å²) in [4.78, 5) is 19.8. The number of aryl methyl sites for hydroxylation is 1. The SMILES string of the molecule is Cc1noc(CCNC(=O)NCCc2ccccn2)n1. The van der Waals surface area contributed by atoms with Crippen LogP contribution in [0.1, 0.15) is 17.4 Å². The zero-order valence-corrected chi connectivity index (χ0v) is 11.3. The maximum absolute atomic E-state index is 11.5. The van der Waals surface area contributed by atoms with Crippen LogP contribution in [0.15, 0.2) is 28.9 Å². The molecule has 0 bridgehead atoms. The van der Waals surface area contributed by atoms with Gasteiger partial charge < -0.3 is 15.2 Å². The van der Waals surface area contributed by atoms with E-state index in [-0.39, 0.29) is 6.03 Å². The van der Waals surface area contributed by atoms with Gasteiger partial charge in [0.15, 0.2) is 5.82 Å². The third kappa shape index (κ3) is 4.68. The van der Waals surface area contributed by atoms with Crippen molar-refractivity contribution in [3.63, 3.8) is 0 Å². The Morgan fingerprint density at radius 2 is 2.05 bits per heavy atom. The van der Waals surface area contributed by atoms with Gasteiger partial charge in [-0.2, -0.15) is 4.98 Å². The molecule has 7 heteroatoms. The van der Waals surface area contributed by atoms with Crippen molar-refractivity contribution in [3.8, 4) is 0 Å². The zero-order chi connectivity index (χ0) is 14.2. The minimum absolute atomic E-state index is 0.211. The molecule has 0 saturated carbocycles. The molecule has 0 spiro atoms. The fraction of sp³-hybridized carbons (Fsp3) is 0.385. The van der Waals surface area contributed by atoms with Gasteiger partial charge in [-0.05, 0) is 19.1 Å². The largest absolute Gasteiger partial charge is 0.339 e. The topological polar surface area (TPSA) is 92.9 Å². The zero-order valence-electron chi connectivity index (χ0n) is 11.3. The predicted molar refractivity (Wildman–Crippen MR) is 72.1 cm³/mol. The molecule has 0 aliphatic carbocycles. The van der Waals surface area contributed by atoms with Crippen LogP contribution in [0, 0.1) is 6.92 Å². The van der Waals surface area contributed by atoms with Crippen LogP contribution in [0.2, 0.25) is 0 Å². The number of carbonyl (C=O) groups excluding carboxylic acids is 1. The first-order chi connectivity index (χ1) is 9.74. The molecule has 2 heterocycles. The van der Waals surface area contributed by atoms with Crippen LogP contribution < -0.4 is 10.6 Å². The summed E-state index contributed by atoms with van der Waals surface area (Å²) in [6, 6.07) is 5.51. The van der Waals surface area contributed by atoms with Gasteiger partial charge in [0.25, 0.3) is 0 Å². The van der Waals surface area contributed by atoms with E-state index in [9.17, 15) is 4.79 Å². The average molecular weight is 275 g/mol. The monoisotopic (exact) mass is 275 g/mol. The Balaban J connectivity index is 1.59. The first-order valence-electron chi connectivity index (χ1n) is 6.45. The molecule has 2 amide bonds. The van der Waals surface area contributed by atoms with Gasteiger partial charge in [-0.15, -0.1) is 0 Å². The fourth-order valence-corrected chi connectivity index (χ4v) is 1.64. The second-order valence-corrected chi connectivity index (χ2v) is 4.24. The highest BCUT2D eigenvalue weighted by Gasteiger charge is 2.04. The quantitative estimate of drug-likeness (QED) is 0.815. The third-order valence-corrected chi connectivity index (χ3v) is 2.59. The van der Waals surface area contributed by atoms with Crippen molar-refractivity contribution < 1.29 is 9.32 Å². The van der Waals surface area contributed by atoms with Gasteiger partial charge in [0.05, 0.1) is 0 Å². The van der Waals surface area contributed by atoms with Crippen LogP contribution >= 0.6 is 0 Å². The summed E-state index contributed by atoms with van der Waals surface area (Å²) in [6.07, 6.45) is 2.97. The number of amides is 2. The Bertz CT molecular complexity index is 541. The van der Waals surface area contributed by atoms with Crippen molar-refractivity contribution >= 4 is 6.03 Å². The molecule has 106 valence electrons. The maximum atomic E-state index is 11.5.